The van der Waals surface area contributed by atoms with E-state index in [0.717, 1.165) is 29.8 Å². The van der Waals surface area contributed by atoms with Crippen molar-refractivity contribution in [2.45, 2.75) is 26.3 Å². The number of para-hydroxylation sites is 1. The standard InChI is InChI=1S/C20H22N2O3/c1-3-19(23)22-11-10-15-12-14(8-9-17(15)22)13-21-20(24)16-6-4-5-7-18(16)25-2/h4-9,12H,3,10-11,13H2,1-2H3,(H,21,24). The Morgan fingerprint density at radius 1 is 1.20 bits per heavy atom. The summed E-state index contributed by atoms with van der Waals surface area (Å²) in [5.74, 6) is 0.541. The molecule has 1 heterocycles. The number of benzene rings is 2. The number of ether oxygens (including phenoxy) is 1. The summed E-state index contributed by atoms with van der Waals surface area (Å²) in [4.78, 5) is 26.2. The Morgan fingerprint density at radius 2 is 2.00 bits per heavy atom. The molecule has 0 fully saturated rings. The summed E-state index contributed by atoms with van der Waals surface area (Å²) in [7, 11) is 1.55. The first kappa shape index (κ1) is 17.0. The molecule has 2 aromatic rings. The minimum atomic E-state index is -0.166. The topological polar surface area (TPSA) is 58.6 Å². The molecule has 0 atom stereocenters. The molecular formula is C20H22N2O3. The van der Waals surface area contributed by atoms with Crippen LogP contribution in [-0.2, 0) is 17.8 Å². The maximum Gasteiger partial charge on any atom is 0.255 e. The molecular weight excluding hydrogens is 316 g/mol. The number of nitrogens with one attached hydrogen (secondary N) is 1. The smallest absolute Gasteiger partial charge is 0.255 e. The minimum absolute atomic E-state index is 0.149. The quantitative estimate of drug-likeness (QED) is 0.912. The van der Waals surface area contributed by atoms with Crippen LogP contribution in [0.2, 0.25) is 0 Å². The van der Waals surface area contributed by atoms with Crippen molar-refractivity contribution < 1.29 is 14.3 Å². The van der Waals surface area contributed by atoms with E-state index in [-0.39, 0.29) is 11.8 Å². The number of carbonyl (C=O) groups excluding carboxylic acids is 2. The van der Waals surface area contributed by atoms with Crippen LogP contribution in [0.5, 0.6) is 5.75 Å². The molecule has 2 aromatic carbocycles. The Balaban J connectivity index is 1.69. The van der Waals surface area contributed by atoms with Gasteiger partial charge in [-0.15, -0.1) is 0 Å². The number of hydrogen-bond acceptors (Lipinski definition) is 3. The van der Waals surface area contributed by atoms with Crippen molar-refractivity contribution in [1.82, 2.24) is 5.32 Å². The van der Waals surface area contributed by atoms with Crippen molar-refractivity contribution in [2.24, 2.45) is 0 Å². The van der Waals surface area contributed by atoms with Gasteiger partial charge < -0.3 is 15.0 Å². The Labute approximate surface area is 147 Å². The zero-order valence-electron chi connectivity index (χ0n) is 14.5. The van der Waals surface area contributed by atoms with E-state index >= 15 is 0 Å². The lowest BCUT2D eigenvalue weighted by atomic mass is 10.1. The maximum absolute atomic E-state index is 12.4. The van der Waals surface area contributed by atoms with Gasteiger partial charge in [-0.3, -0.25) is 9.59 Å². The van der Waals surface area contributed by atoms with E-state index in [4.69, 9.17) is 4.74 Å². The van der Waals surface area contributed by atoms with E-state index in [0.29, 0.717) is 24.3 Å². The average molecular weight is 338 g/mol. The fourth-order valence-corrected chi connectivity index (χ4v) is 3.12. The number of fused-ring (bicyclic) bond motifs is 1. The average Bonchev–Trinajstić information content (AvgIpc) is 3.08. The lowest BCUT2D eigenvalue weighted by Crippen LogP contribution is -2.27. The molecule has 0 bridgehead atoms. The number of amides is 2. The predicted molar refractivity (Wildman–Crippen MR) is 97.0 cm³/mol. The van der Waals surface area contributed by atoms with Crippen LogP contribution in [0.3, 0.4) is 0 Å². The van der Waals surface area contributed by atoms with Crippen LogP contribution in [0, 0.1) is 0 Å². The normalized spacial score (nSPS) is 12.6. The van der Waals surface area contributed by atoms with Crippen LogP contribution in [-0.4, -0.2) is 25.5 Å². The molecule has 5 nitrogen and oxygen atoms in total. The van der Waals surface area contributed by atoms with Crippen molar-refractivity contribution >= 4 is 17.5 Å². The molecule has 0 saturated carbocycles. The first-order chi connectivity index (χ1) is 12.1. The van der Waals surface area contributed by atoms with Crippen LogP contribution in [0.25, 0.3) is 0 Å². The van der Waals surface area contributed by atoms with Gasteiger partial charge >= 0.3 is 0 Å². The predicted octanol–water partition coefficient (Wildman–Crippen LogP) is 2.92. The third-order valence-electron chi connectivity index (χ3n) is 4.45. The third-order valence-corrected chi connectivity index (χ3v) is 4.45. The SMILES string of the molecule is CCC(=O)N1CCc2cc(CNC(=O)c3ccccc3OC)ccc21. The fraction of sp³-hybridized carbons (Fsp3) is 0.300. The molecule has 1 N–H and O–H groups in total. The maximum atomic E-state index is 12.4. The molecule has 3 rings (SSSR count). The number of anilines is 1. The number of hydrogen-bond donors (Lipinski definition) is 1. The van der Waals surface area contributed by atoms with Crippen molar-refractivity contribution in [1.29, 1.82) is 0 Å². The van der Waals surface area contributed by atoms with Gasteiger partial charge in [-0.2, -0.15) is 0 Å². The van der Waals surface area contributed by atoms with Crippen molar-refractivity contribution in [3.8, 4) is 5.75 Å². The molecule has 5 heteroatoms. The molecule has 0 unspecified atom stereocenters. The molecule has 0 radical (unpaired) electrons. The molecule has 0 saturated heterocycles. The molecule has 25 heavy (non-hydrogen) atoms. The fourth-order valence-electron chi connectivity index (χ4n) is 3.12. The molecule has 0 aliphatic carbocycles. The van der Waals surface area contributed by atoms with E-state index in [1.54, 1.807) is 19.2 Å². The van der Waals surface area contributed by atoms with Crippen LogP contribution in [0.4, 0.5) is 5.69 Å². The molecule has 1 aliphatic heterocycles. The zero-order valence-corrected chi connectivity index (χ0v) is 14.5. The first-order valence-electron chi connectivity index (χ1n) is 8.47. The van der Waals surface area contributed by atoms with E-state index in [9.17, 15) is 9.59 Å². The number of methoxy groups -OCH3 is 1. The van der Waals surface area contributed by atoms with Gasteiger partial charge in [0.1, 0.15) is 5.75 Å². The lowest BCUT2D eigenvalue weighted by molar-refractivity contribution is -0.118. The summed E-state index contributed by atoms with van der Waals surface area (Å²) in [6, 6.07) is 13.2. The van der Waals surface area contributed by atoms with Crippen LogP contribution in [0.15, 0.2) is 42.5 Å². The second-order valence-electron chi connectivity index (χ2n) is 5.99. The molecule has 130 valence electrons. The monoisotopic (exact) mass is 338 g/mol. The van der Waals surface area contributed by atoms with Crippen molar-refractivity contribution in [3.63, 3.8) is 0 Å². The van der Waals surface area contributed by atoms with Gasteiger partial charge in [0.2, 0.25) is 5.91 Å². The second-order valence-corrected chi connectivity index (χ2v) is 5.99. The van der Waals surface area contributed by atoms with Gasteiger partial charge in [0.25, 0.3) is 5.91 Å². The van der Waals surface area contributed by atoms with E-state index in [1.807, 2.05) is 36.1 Å². The Bertz CT molecular complexity index is 801. The largest absolute Gasteiger partial charge is 0.496 e. The summed E-state index contributed by atoms with van der Waals surface area (Å²) in [5.41, 5.74) is 3.69. The third kappa shape index (κ3) is 3.50. The summed E-state index contributed by atoms with van der Waals surface area (Å²) in [6.45, 7) is 3.05. The van der Waals surface area contributed by atoms with Crippen LogP contribution in [0.1, 0.15) is 34.8 Å². The summed E-state index contributed by atoms with van der Waals surface area (Å²) < 4.78 is 5.23. The van der Waals surface area contributed by atoms with E-state index < -0.39 is 0 Å². The van der Waals surface area contributed by atoms with Crippen molar-refractivity contribution in [3.05, 3.63) is 59.2 Å². The summed E-state index contributed by atoms with van der Waals surface area (Å²) >= 11 is 0. The zero-order chi connectivity index (χ0) is 17.8. The Morgan fingerprint density at radius 3 is 2.76 bits per heavy atom. The van der Waals surface area contributed by atoms with Crippen LogP contribution >= 0.6 is 0 Å². The molecule has 0 spiro atoms. The van der Waals surface area contributed by atoms with Gasteiger partial charge in [-0.05, 0) is 35.7 Å². The summed E-state index contributed by atoms with van der Waals surface area (Å²) in [6.07, 6.45) is 1.37. The second kappa shape index (κ2) is 7.38. The molecule has 0 aromatic heterocycles. The van der Waals surface area contributed by atoms with Gasteiger partial charge in [-0.1, -0.05) is 31.2 Å². The minimum Gasteiger partial charge on any atom is -0.496 e. The lowest BCUT2D eigenvalue weighted by Gasteiger charge is -2.16. The van der Waals surface area contributed by atoms with Crippen molar-refractivity contribution in [2.75, 3.05) is 18.6 Å². The number of nitrogens with zero attached hydrogens (tertiary/aromatic N) is 1. The first-order valence-corrected chi connectivity index (χ1v) is 8.47. The van der Waals surface area contributed by atoms with Gasteiger partial charge in [-0.25, -0.2) is 0 Å². The van der Waals surface area contributed by atoms with Gasteiger partial charge in [0.15, 0.2) is 0 Å². The Hall–Kier alpha value is -2.82. The van der Waals surface area contributed by atoms with E-state index in [2.05, 4.69) is 11.4 Å². The highest BCUT2D eigenvalue weighted by Crippen LogP contribution is 2.29. The van der Waals surface area contributed by atoms with Gasteiger partial charge in [0.05, 0.1) is 12.7 Å². The van der Waals surface area contributed by atoms with Crippen LogP contribution < -0.4 is 15.0 Å². The molecule has 2 amide bonds. The van der Waals surface area contributed by atoms with E-state index in [1.165, 1.54) is 0 Å². The number of rotatable bonds is 5. The Kier molecular flexibility index (Phi) is 5.03. The van der Waals surface area contributed by atoms with Gasteiger partial charge in [0, 0.05) is 25.2 Å². The number of carbonyl (C=O) groups is 2. The summed E-state index contributed by atoms with van der Waals surface area (Å²) in [5, 5.41) is 2.93. The highest BCUT2D eigenvalue weighted by molar-refractivity contribution is 5.97. The molecule has 1 aliphatic rings. The highest BCUT2D eigenvalue weighted by atomic mass is 16.5. The highest BCUT2D eigenvalue weighted by Gasteiger charge is 2.23.